The molecule has 154 valence electrons. The Morgan fingerprint density at radius 1 is 1.15 bits per heavy atom. The Bertz CT molecular complexity index is 654. The van der Waals surface area contributed by atoms with Crippen molar-refractivity contribution in [3.8, 4) is 0 Å². The quantitative estimate of drug-likeness (QED) is 0.293. The Labute approximate surface area is 163 Å². The highest BCUT2D eigenvalue weighted by molar-refractivity contribution is 7.89. The lowest BCUT2D eigenvalue weighted by Crippen LogP contribution is -2.43. The van der Waals surface area contributed by atoms with Gasteiger partial charge in [-0.2, -0.15) is 0 Å². The lowest BCUT2D eigenvalue weighted by Gasteiger charge is -2.30. The molecular formula is C18H34N6O2S. The van der Waals surface area contributed by atoms with Gasteiger partial charge in [0.05, 0.1) is 0 Å². The predicted octanol–water partition coefficient (Wildman–Crippen LogP) is 1.03. The molecule has 0 amide bonds. The van der Waals surface area contributed by atoms with Gasteiger partial charge in [-0.15, -0.1) is 0 Å². The van der Waals surface area contributed by atoms with E-state index in [4.69, 9.17) is 0 Å². The summed E-state index contributed by atoms with van der Waals surface area (Å²) in [4.78, 5) is 10.6. The van der Waals surface area contributed by atoms with Crippen LogP contribution in [0, 0.1) is 0 Å². The zero-order valence-corrected chi connectivity index (χ0v) is 17.9. The molecule has 0 radical (unpaired) electrons. The van der Waals surface area contributed by atoms with E-state index in [1.807, 2.05) is 0 Å². The van der Waals surface area contributed by atoms with Gasteiger partial charge in [-0.1, -0.05) is 0 Å². The average Bonchev–Trinajstić information content (AvgIpc) is 2.63. The highest BCUT2D eigenvalue weighted by Gasteiger charge is 2.13. The monoisotopic (exact) mass is 398 g/mol. The van der Waals surface area contributed by atoms with Crippen molar-refractivity contribution in [2.45, 2.75) is 51.1 Å². The Morgan fingerprint density at radius 2 is 1.81 bits per heavy atom. The molecule has 1 heterocycles. The minimum Gasteiger partial charge on any atom is -0.356 e. The van der Waals surface area contributed by atoms with Crippen LogP contribution < -0.4 is 15.4 Å². The van der Waals surface area contributed by atoms with Gasteiger partial charge in [0.25, 0.3) is 0 Å². The topological polar surface area (TPSA) is 98.7 Å². The van der Waals surface area contributed by atoms with Gasteiger partial charge in [-0.25, -0.2) is 13.1 Å². The third-order valence-corrected chi connectivity index (χ3v) is 5.54. The molecule has 1 rings (SSSR count). The van der Waals surface area contributed by atoms with Crippen molar-refractivity contribution in [3.63, 3.8) is 0 Å². The fourth-order valence-corrected chi connectivity index (χ4v) is 3.75. The summed E-state index contributed by atoms with van der Waals surface area (Å²) in [6, 6.07) is 4.16. The maximum absolute atomic E-state index is 12.1. The van der Waals surface area contributed by atoms with Crippen LogP contribution in [0.5, 0.6) is 0 Å². The fraction of sp³-hybridized carbons (Fsp3) is 0.667. The summed E-state index contributed by atoms with van der Waals surface area (Å²) < 4.78 is 26.7. The van der Waals surface area contributed by atoms with E-state index in [1.165, 1.54) is 18.5 Å². The van der Waals surface area contributed by atoms with E-state index in [2.05, 4.69) is 57.9 Å². The van der Waals surface area contributed by atoms with E-state index >= 15 is 0 Å². The van der Waals surface area contributed by atoms with E-state index in [1.54, 1.807) is 13.1 Å². The van der Waals surface area contributed by atoms with Gasteiger partial charge < -0.3 is 10.6 Å². The number of nitrogens with one attached hydrogen (secondary N) is 3. The first-order chi connectivity index (χ1) is 12.8. The van der Waals surface area contributed by atoms with E-state index in [0.717, 1.165) is 19.5 Å². The Balaban J connectivity index is 2.29. The number of nitrogens with zero attached hydrogens (tertiary/aromatic N) is 3. The van der Waals surface area contributed by atoms with E-state index < -0.39 is 10.0 Å². The van der Waals surface area contributed by atoms with Gasteiger partial charge >= 0.3 is 0 Å². The predicted molar refractivity (Wildman–Crippen MR) is 110 cm³/mol. The number of hydrogen-bond acceptors (Lipinski definition) is 5. The molecular weight excluding hydrogens is 364 g/mol. The van der Waals surface area contributed by atoms with Gasteiger partial charge in [-0.05, 0) is 46.2 Å². The van der Waals surface area contributed by atoms with Crippen LogP contribution in [0.4, 0.5) is 0 Å². The molecule has 0 aliphatic heterocycles. The first-order valence-corrected chi connectivity index (χ1v) is 10.9. The van der Waals surface area contributed by atoms with Crippen molar-refractivity contribution in [2.24, 2.45) is 4.99 Å². The van der Waals surface area contributed by atoms with Crippen molar-refractivity contribution in [3.05, 3.63) is 24.5 Å². The van der Waals surface area contributed by atoms with Crippen LogP contribution in [0.1, 0.15) is 34.1 Å². The lowest BCUT2D eigenvalue weighted by molar-refractivity contribution is 0.173. The molecule has 27 heavy (non-hydrogen) atoms. The maximum atomic E-state index is 12.1. The van der Waals surface area contributed by atoms with Gasteiger partial charge in [0.2, 0.25) is 10.0 Å². The minimum absolute atomic E-state index is 0.160. The van der Waals surface area contributed by atoms with Crippen LogP contribution in [-0.2, 0) is 10.0 Å². The molecule has 0 saturated carbocycles. The van der Waals surface area contributed by atoms with Gasteiger partial charge in [0, 0.05) is 57.7 Å². The summed E-state index contributed by atoms with van der Waals surface area (Å²) in [5.74, 6) is 0.663. The SMILES string of the molecule is CN=C(NCCCN(C(C)C)C(C)C)NCCNS(=O)(=O)c1cccnc1. The highest BCUT2D eigenvalue weighted by atomic mass is 32.2. The van der Waals surface area contributed by atoms with Crippen molar-refractivity contribution in [1.82, 2.24) is 25.2 Å². The van der Waals surface area contributed by atoms with E-state index in [0.29, 0.717) is 24.6 Å². The minimum atomic E-state index is -3.53. The summed E-state index contributed by atoms with van der Waals surface area (Å²) in [5, 5.41) is 6.37. The Morgan fingerprint density at radius 3 is 2.37 bits per heavy atom. The summed E-state index contributed by atoms with van der Waals surface area (Å²) in [6.07, 6.45) is 3.87. The molecule has 9 heteroatoms. The van der Waals surface area contributed by atoms with Crippen molar-refractivity contribution in [1.29, 1.82) is 0 Å². The summed E-state index contributed by atoms with van der Waals surface area (Å²) >= 11 is 0. The summed E-state index contributed by atoms with van der Waals surface area (Å²) in [5.41, 5.74) is 0. The first-order valence-electron chi connectivity index (χ1n) is 9.38. The molecule has 3 N–H and O–H groups in total. The van der Waals surface area contributed by atoms with Crippen LogP contribution >= 0.6 is 0 Å². The lowest BCUT2D eigenvalue weighted by atomic mass is 10.2. The zero-order chi connectivity index (χ0) is 20.3. The third kappa shape index (κ3) is 8.68. The molecule has 0 bridgehead atoms. The molecule has 1 aromatic heterocycles. The molecule has 0 fully saturated rings. The number of pyridine rings is 1. The molecule has 0 atom stereocenters. The van der Waals surface area contributed by atoms with Crippen LogP contribution in [0.3, 0.4) is 0 Å². The number of aliphatic imine (C=N–C) groups is 1. The smallest absolute Gasteiger partial charge is 0.242 e. The number of rotatable bonds is 11. The molecule has 0 aliphatic rings. The second-order valence-electron chi connectivity index (χ2n) is 6.79. The molecule has 0 aromatic carbocycles. The first kappa shape index (κ1) is 23.3. The second kappa shape index (κ2) is 11.9. The standard InChI is InChI=1S/C18H34N6O2S/c1-15(2)24(16(3)4)13-7-10-21-18(19-5)22-11-12-23-27(25,26)17-8-6-9-20-14-17/h6,8-9,14-16,23H,7,10-13H2,1-5H3,(H2,19,21,22). The molecule has 8 nitrogen and oxygen atoms in total. The normalized spacial score (nSPS) is 12.8. The average molecular weight is 399 g/mol. The van der Waals surface area contributed by atoms with Gasteiger partial charge in [-0.3, -0.25) is 14.9 Å². The van der Waals surface area contributed by atoms with Crippen LogP contribution in [0.15, 0.2) is 34.4 Å². The van der Waals surface area contributed by atoms with Crippen molar-refractivity contribution < 1.29 is 8.42 Å². The summed E-state index contributed by atoms with van der Waals surface area (Å²) in [7, 11) is -1.83. The number of guanidine groups is 1. The largest absolute Gasteiger partial charge is 0.356 e. The second-order valence-corrected chi connectivity index (χ2v) is 8.56. The van der Waals surface area contributed by atoms with Crippen LogP contribution in [0.2, 0.25) is 0 Å². The van der Waals surface area contributed by atoms with E-state index in [-0.39, 0.29) is 11.4 Å². The van der Waals surface area contributed by atoms with Crippen LogP contribution in [-0.4, -0.2) is 69.6 Å². The molecule has 0 spiro atoms. The number of hydrogen-bond donors (Lipinski definition) is 3. The highest BCUT2D eigenvalue weighted by Crippen LogP contribution is 2.05. The van der Waals surface area contributed by atoms with Gasteiger partial charge in [0.1, 0.15) is 4.90 Å². The Kier molecular flexibility index (Phi) is 10.3. The molecule has 0 aliphatic carbocycles. The van der Waals surface area contributed by atoms with Gasteiger partial charge in [0.15, 0.2) is 5.96 Å². The van der Waals surface area contributed by atoms with Crippen LogP contribution in [0.25, 0.3) is 0 Å². The maximum Gasteiger partial charge on any atom is 0.242 e. The fourth-order valence-electron chi connectivity index (χ4n) is 2.76. The molecule has 0 saturated heterocycles. The molecule has 0 unspecified atom stereocenters. The summed E-state index contributed by atoms with van der Waals surface area (Å²) in [6.45, 7) is 11.3. The zero-order valence-electron chi connectivity index (χ0n) is 17.1. The van der Waals surface area contributed by atoms with Crippen molar-refractivity contribution in [2.75, 3.05) is 33.2 Å². The number of aromatic nitrogens is 1. The molecule has 1 aromatic rings. The number of sulfonamides is 1. The third-order valence-electron chi connectivity index (χ3n) is 4.09. The van der Waals surface area contributed by atoms with E-state index in [9.17, 15) is 8.42 Å². The van der Waals surface area contributed by atoms with Crippen molar-refractivity contribution >= 4 is 16.0 Å². The Hall–Kier alpha value is -1.71.